The third kappa shape index (κ3) is 4.07. The van der Waals surface area contributed by atoms with Crippen molar-refractivity contribution < 1.29 is 4.79 Å². The molecule has 4 aromatic rings. The molecule has 3 heterocycles. The maximum atomic E-state index is 12.3. The second-order valence-corrected chi connectivity index (χ2v) is 10.2. The Morgan fingerprint density at radius 3 is 2.57 bits per heavy atom. The van der Waals surface area contributed by atoms with E-state index in [1.54, 1.807) is 6.20 Å². The number of anilines is 2. The number of aromatic nitrogens is 4. The minimum atomic E-state index is -0.132. The summed E-state index contributed by atoms with van der Waals surface area (Å²) < 4.78 is 2.15. The number of rotatable bonds is 5. The number of amides is 1. The summed E-state index contributed by atoms with van der Waals surface area (Å²) in [5.41, 5.74) is 5.56. The second kappa shape index (κ2) is 8.05. The van der Waals surface area contributed by atoms with E-state index in [1.165, 1.54) is 18.7 Å². The molecule has 1 amide bonds. The van der Waals surface area contributed by atoms with E-state index < -0.39 is 0 Å². The van der Waals surface area contributed by atoms with Crippen molar-refractivity contribution in [3.05, 3.63) is 77.9 Å². The Balaban J connectivity index is 1.23. The normalized spacial score (nSPS) is 16.5. The molecule has 0 bridgehead atoms. The molecule has 1 saturated carbocycles. The summed E-state index contributed by atoms with van der Waals surface area (Å²) in [7, 11) is 2.07. The lowest BCUT2D eigenvalue weighted by atomic mass is 9.79. The van der Waals surface area contributed by atoms with E-state index in [9.17, 15) is 4.79 Å². The van der Waals surface area contributed by atoms with Gasteiger partial charge in [0.15, 0.2) is 5.82 Å². The van der Waals surface area contributed by atoms with Crippen molar-refractivity contribution in [2.24, 2.45) is 7.05 Å². The van der Waals surface area contributed by atoms with Gasteiger partial charge in [0.2, 0.25) is 0 Å². The Morgan fingerprint density at radius 1 is 1.03 bits per heavy atom. The molecule has 7 nitrogen and oxygen atoms in total. The first-order valence-corrected chi connectivity index (χ1v) is 12.0. The molecule has 2 aliphatic rings. The van der Waals surface area contributed by atoms with E-state index in [4.69, 9.17) is 9.97 Å². The lowest BCUT2D eigenvalue weighted by molar-refractivity contribution is 0.0930. The van der Waals surface area contributed by atoms with Crippen LogP contribution in [0.2, 0.25) is 0 Å². The third-order valence-corrected chi connectivity index (χ3v) is 6.91. The van der Waals surface area contributed by atoms with Crippen LogP contribution >= 0.6 is 0 Å². The van der Waals surface area contributed by atoms with E-state index in [2.05, 4.69) is 59.4 Å². The molecule has 2 N–H and O–H groups in total. The zero-order valence-corrected chi connectivity index (χ0v) is 20.2. The molecule has 1 aliphatic carbocycles. The van der Waals surface area contributed by atoms with Gasteiger partial charge in [-0.2, -0.15) is 0 Å². The first kappa shape index (κ1) is 21.5. The number of carbonyl (C=O) groups is 1. The summed E-state index contributed by atoms with van der Waals surface area (Å²) in [5.74, 6) is 3.13. The van der Waals surface area contributed by atoms with E-state index >= 15 is 0 Å². The molecule has 7 heteroatoms. The number of nitrogens with zero attached hydrogens (tertiary/aromatic N) is 4. The molecule has 1 aliphatic heterocycles. The van der Waals surface area contributed by atoms with Crippen LogP contribution in [0, 0.1) is 0 Å². The topological polar surface area (TPSA) is 84.7 Å². The summed E-state index contributed by atoms with van der Waals surface area (Å²) in [6, 6.07) is 15.9. The third-order valence-electron chi connectivity index (χ3n) is 6.91. The van der Waals surface area contributed by atoms with Gasteiger partial charge in [0.25, 0.3) is 5.91 Å². The van der Waals surface area contributed by atoms with Crippen molar-refractivity contribution in [3.8, 4) is 22.6 Å². The number of carbonyl (C=O) groups excluding carboxylic acids is 1. The van der Waals surface area contributed by atoms with Gasteiger partial charge in [-0.1, -0.05) is 38.1 Å². The number of hydrogen-bond donors (Lipinski definition) is 2. The van der Waals surface area contributed by atoms with Crippen molar-refractivity contribution in [2.45, 2.75) is 38.0 Å². The number of hydrogen-bond acceptors (Lipinski definition) is 5. The van der Waals surface area contributed by atoms with Gasteiger partial charge in [0.05, 0.1) is 5.69 Å². The quantitative estimate of drug-likeness (QED) is 0.425. The molecule has 0 unspecified atom stereocenters. The summed E-state index contributed by atoms with van der Waals surface area (Å²) >= 11 is 0. The molecule has 2 aromatic heterocycles. The Morgan fingerprint density at radius 2 is 1.80 bits per heavy atom. The van der Waals surface area contributed by atoms with Crippen LogP contribution in [0.4, 0.5) is 11.5 Å². The van der Waals surface area contributed by atoms with Crippen LogP contribution in [0.3, 0.4) is 0 Å². The summed E-state index contributed by atoms with van der Waals surface area (Å²) in [6.07, 6.45) is 6.34. The predicted molar refractivity (Wildman–Crippen MR) is 137 cm³/mol. The van der Waals surface area contributed by atoms with E-state index in [0.717, 1.165) is 33.6 Å². The standard InChI is InChI=1S/C28H28N6O/c1-28(2)16-30-27(35)21-11-10-20(14-22(21)28)31-24-12-13-29-25(33-24)18-6-4-17(5-7-18)23-15-34(3)26(32-23)19-8-9-19/h4-7,10-15,19H,8-9,16H2,1-3H3,(H,30,35)(H,29,31,33). The molecule has 0 radical (unpaired) electrons. The molecule has 0 atom stereocenters. The number of nitrogens with one attached hydrogen (secondary N) is 2. The van der Waals surface area contributed by atoms with Crippen molar-refractivity contribution in [2.75, 3.05) is 11.9 Å². The molecule has 0 saturated heterocycles. The van der Waals surface area contributed by atoms with Gasteiger partial charge < -0.3 is 15.2 Å². The van der Waals surface area contributed by atoms with Gasteiger partial charge in [0, 0.05) is 59.7 Å². The van der Waals surface area contributed by atoms with E-state index in [1.807, 2.05) is 36.4 Å². The highest BCUT2D eigenvalue weighted by molar-refractivity contribution is 5.98. The molecule has 176 valence electrons. The summed E-state index contributed by atoms with van der Waals surface area (Å²) in [5, 5.41) is 6.35. The molecule has 6 rings (SSSR count). The molecule has 0 spiro atoms. The fraction of sp³-hybridized carbons (Fsp3) is 0.286. The van der Waals surface area contributed by atoms with Crippen molar-refractivity contribution in [3.63, 3.8) is 0 Å². The number of benzene rings is 2. The number of imidazole rings is 1. The van der Waals surface area contributed by atoms with Crippen LogP contribution in [-0.4, -0.2) is 32.0 Å². The SMILES string of the molecule is Cn1cc(-c2ccc(-c3nccc(Nc4ccc5c(c4)C(C)(C)CNC5=O)n3)cc2)nc1C1CC1. The number of fused-ring (bicyclic) bond motifs is 1. The molecule has 2 aromatic carbocycles. The Labute approximate surface area is 204 Å². The molecule has 1 fully saturated rings. The van der Waals surface area contributed by atoms with Gasteiger partial charge in [-0.25, -0.2) is 15.0 Å². The fourth-order valence-corrected chi connectivity index (χ4v) is 4.72. The smallest absolute Gasteiger partial charge is 0.251 e. The lowest BCUT2D eigenvalue weighted by Crippen LogP contribution is -2.43. The first-order chi connectivity index (χ1) is 16.9. The minimum Gasteiger partial charge on any atom is -0.351 e. The highest BCUT2D eigenvalue weighted by Crippen LogP contribution is 2.40. The van der Waals surface area contributed by atoms with Gasteiger partial charge >= 0.3 is 0 Å². The maximum absolute atomic E-state index is 12.3. The van der Waals surface area contributed by atoms with Crippen molar-refractivity contribution >= 4 is 17.4 Å². The van der Waals surface area contributed by atoms with Crippen LogP contribution in [0.15, 0.2) is 60.9 Å². The minimum absolute atomic E-state index is 0.0203. The van der Waals surface area contributed by atoms with Gasteiger partial charge in [0.1, 0.15) is 11.6 Å². The predicted octanol–water partition coefficient (Wildman–Crippen LogP) is 5.19. The summed E-state index contributed by atoms with van der Waals surface area (Å²) in [6.45, 7) is 4.90. The van der Waals surface area contributed by atoms with Gasteiger partial charge in [-0.3, -0.25) is 4.79 Å². The first-order valence-electron chi connectivity index (χ1n) is 12.0. The Kier molecular flexibility index (Phi) is 4.95. The van der Waals surface area contributed by atoms with Crippen molar-refractivity contribution in [1.82, 2.24) is 24.8 Å². The Bertz CT molecular complexity index is 1430. The summed E-state index contributed by atoms with van der Waals surface area (Å²) in [4.78, 5) is 26.3. The van der Waals surface area contributed by atoms with E-state index in [0.29, 0.717) is 24.1 Å². The average molecular weight is 465 g/mol. The highest BCUT2D eigenvalue weighted by atomic mass is 16.1. The van der Waals surface area contributed by atoms with Crippen LogP contribution < -0.4 is 10.6 Å². The fourth-order valence-electron chi connectivity index (χ4n) is 4.72. The molecular formula is C28H28N6O. The van der Waals surface area contributed by atoms with Gasteiger partial charge in [-0.15, -0.1) is 0 Å². The van der Waals surface area contributed by atoms with Crippen LogP contribution in [-0.2, 0) is 12.5 Å². The largest absolute Gasteiger partial charge is 0.351 e. The van der Waals surface area contributed by atoms with Gasteiger partial charge in [-0.05, 0) is 42.7 Å². The van der Waals surface area contributed by atoms with E-state index in [-0.39, 0.29) is 11.3 Å². The molecule has 35 heavy (non-hydrogen) atoms. The lowest BCUT2D eigenvalue weighted by Gasteiger charge is -2.32. The maximum Gasteiger partial charge on any atom is 0.251 e. The number of aryl methyl sites for hydroxylation is 1. The Hall–Kier alpha value is -4.00. The van der Waals surface area contributed by atoms with Crippen LogP contribution in [0.25, 0.3) is 22.6 Å². The zero-order valence-electron chi connectivity index (χ0n) is 20.2. The monoisotopic (exact) mass is 464 g/mol. The zero-order chi connectivity index (χ0) is 24.2. The highest BCUT2D eigenvalue weighted by Gasteiger charge is 2.31. The van der Waals surface area contributed by atoms with Crippen LogP contribution in [0.5, 0.6) is 0 Å². The molecular weight excluding hydrogens is 436 g/mol. The second-order valence-electron chi connectivity index (χ2n) is 10.2. The average Bonchev–Trinajstić information content (AvgIpc) is 3.63. The van der Waals surface area contributed by atoms with Crippen molar-refractivity contribution in [1.29, 1.82) is 0 Å². The van der Waals surface area contributed by atoms with Crippen LogP contribution in [0.1, 0.15) is 54.4 Å².